The first-order chi connectivity index (χ1) is 20.0. The van der Waals surface area contributed by atoms with E-state index in [0.29, 0.717) is 11.1 Å². The van der Waals surface area contributed by atoms with Crippen LogP contribution in [0.5, 0.6) is 0 Å². The third-order valence-corrected chi connectivity index (χ3v) is 9.30. The first-order valence-electron chi connectivity index (χ1n) is 12.3. The first kappa shape index (κ1) is 33.3. The van der Waals surface area contributed by atoms with E-state index in [0.717, 1.165) is 19.8 Å². The Labute approximate surface area is 264 Å². The van der Waals surface area contributed by atoms with Gasteiger partial charge in [-0.15, -0.1) is 0 Å². The van der Waals surface area contributed by atoms with Gasteiger partial charge in [0.05, 0.1) is 10.9 Å². The van der Waals surface area contributed by atoms with Crippen LogP contribution in [0.2, 0.25) is 10.0 Å². The second kappa shape index (κ2) is 12.8. The molecule has 0 aliphatic rings. The Balaban J connectivity index is 0.000000541. The fraction of sp³-hybridized carbons (Fsp3) is 0. The zero-order valence-electron chi connectivity index (χ0n) is 21.8. The van der Waals surface area contributed by atoms with E-state index < -0.39 is 19.5 Å². The molecule has 0 aliphatic carbocycles. The number of carbonyl (C=O) groups is 1. The summed E-state index contributed by atoms with van der Waals surface area (Å²) in [5, 5.41) is 1.45. The molecule has 0 bridgehead atoms. The van der Waals surface area contributed by atoms with Gasteiger partial charge in [-0.1, -0.05) is 65.3 Å². The van der Waals surface area contributed by atoms with Gasteiger partial charge in [0.15, 0.2) is 20.5 Å². The van der Waals surface area contributed by atoms with Crippen LogP contribution in [0, 0.1) is 0 Å². The second-order valence-corrected chi connectivity index (χ2v) is 18.5. The molecule has 43 heavy (non-hydrogen) atoms. The third-order valence-electron chi connectivity index (χ3n) is 5.55. The summed E-state index contributed by atoms with van der Waals surface area (Å²) in [5.41, 5.74) is 1.39. The van der Waals surface area contributed by atoms with Gasteiger partial charge >= 0.3 is 36.4 Å². The number of hydrogen-bond donors (Lipinski definition) is 0. The molecule has 224 valence electrons. The number of carbonyl (C=O) groups excluding carboxylic acids is 1. The molecular formula is C31H21Cl2F6OS2Sb. The molecule has 0 atom stereocenters. The molecule has 0 spiro atoms. The van der Waals surface area contributed by atoms with Crippen molar-refractivity contribution in [2.24, 2.45) is 0 Å². The normalized spacial score (nSPS) is 13.0. The minimum atomic E-state index is -11.2. The van der Waals surface area contributed by atoms with Crippen LogP contribution in [0.25, 0.3) is 0 Å². The van der Waals surface area contributed by atoms with E-state index >= 15 is 0 Å². The average molecular weight is 780 g/mol. The molecule has 0 N–H and O–H groups in total. The quantitative estimate of drug-likeness (QED) is 0.0708. The SMILES string of the molecule is O=C(c1ccccc1)c1ccc(Sc2ccc([S+](c3ccc(Cl)cc3)c3ccc(Cl)cc3)cc2)cc1.[F][Sb-]([F])([F])([F])([F])[F]. The Morgan fingerprint density at radius 2 is 0.837 bits per heavy atom. The molecule has 5 rings (SSSR count). The third kappa shape index (κ3) is 11.5. The van der Waals surface area contributed by atoms with Crippen LogP contribution in [0.3, 0.4) is 0 Å². The predicted molar refractivity (Wildman–Crippen MR) is 164 cm³/mol. The number of ketones is 1. The van der Waals surface area contributed by atoms with Crippen LogP contribution in [0.1, 0.15) is 15.9 Å². The molecule has 0 aliphatic heterocycles. The molecule has 0 unspecified atom stereocenters. The van der Waals surface area contributed by atoms with Crippen molar-refractivity contribution >= 4 is 71.1 Å². The van der Waals surface area contributed by atoms with Gasteiger partial charge in [-0.05, 0) is 97.1 Å². The summed E-state index contributed by atoms with van der Waals surface area (Å²) in [6.45, 7) is 0. The van der Waals surface area contributed by atoms with Crippen molar-refractivity contribution in [2.75, 3.05) is 0 Å². The van der Waals surface area contributed by atoms with Gasteiger partial charge in [0.1, 0.15) is 0 Å². The van der Waals surface area contributed by atoms with Gasteiger partial charge in [0.2, 0.25) is 0 Å². The van der Waals surface area contributed by atoms with Crippen LogP contribution < -0.4 is 0 Å². The molecule has 0 saturated heterocycles. The summed E-state index contributed by atoms with van der Waals surface area (Å²) in [5.74, 6) is 0.0351. The molecular weight excluding hydrogens is 759 g/mol. The van der Waals surface area contributed by atoms with E-state index in [1.165, 1.54) is 14.7 Å². The monoisotopic (exact) mass is 778 g/mol. The molecule has 5 aromatic rings. The van der Waals surface area contributed by atoms with E-state index in [1.807, 2.05) is 78.9 Å². The minimum absolute atomic E-state index is 0.0351. The Hall–Kier alpha value is -2.55. The zero-order valence-corrected chi connectivity index (χ0v) is 27.5. The van der Waals surface area contributed by atoms with Crippen molar-refractivity contribution in [3.05, 3.63) is 149 Å². The van der Waals surface area contributed by atoms with E-state index in [1.54, 1.807) is 11.8 Å². The molecule has 0 saturated carbocycles. The van der Waals surface area contributed by atoms with Gasteiger partial charge < -0.3 is 0 Å². The molecule has 0 amide bonds. The second-order valence-electron chi connectivity index (χ2n) is 8.97. The fourth-order valence-corrected chi connectivity index (χ4v) is 6.87. The molecule has 0 heterocycles. The predicted octanol–water partition coefficient (Wildman–Crippen LogP) is 11.6. The molecule has 0 fully saturated rings. The summed E-state index contributed by atoms with van der Waals surface area (Å²) in [6, 6.07) is 41.9. The van der Waals surface area contributed by atoms with Crippen molar-refractivity contribution in [3.8, 4) is 0 Å². The van der Waals surface area contributed by atoms with Crippen molar-refractivity contribution in [1.82, 2.24) is 0 Å². The molecule has 0 radical (unpaired) electrons. The van der Waals surface area contributed by atoms with Crippen molar-refractivity contribution in [3.63, 3.8) is 0 Å². The van der Waals surface area contributed by atoms with E-state index in [9.17, 15) is 21.7 Å². The standard InChI is InChI=1S/C31H21Cl2OS2.6FH.Sb/c32-24-8-16-28(17-9-24)36(29-18-10-25(33)11-19-29)30-20-14-27(15-21-30)35-26-12-6-23(7-13-26)31(34)22-4-2-1-3-5-22;;;;;;;/h1-21H;6*1H;/q+1;;;;;;;+5/p-6. The van der Waals surface area contributed by atoms with Crippen LogP contribution in [-0.2, 0) is 10.9 Å². The summed E-state index contributed by atoms with van der Waals surface area (Å²) in [7, 11) is -0.277. The Bertz CT molecular complexity index is 1630. The van der Waals surface area contributed by atoms with E-state index in [4.69, 9.17) is 23.2 Å². The average Bonchev–Trinajstić information content (AvgIpc) is 2.95. The summed E-state index contributed by atoms with van der Waals surface area (Å²) < 4.78 is 59.6. The number of benzene rings is 5. The maximum absolute atomic E-state index is 12.7. The van der Waals surface area contributed by atoms with Gasteiger partial charge in [-0.25, -0.2) is 0 Å². The van der Waals surface area contributed by atoms with E-state index in [2.05, 4.69) is 48.5 Å². The molecule has 1 nitrogen and oxygen atoms in total. The van der Waals surface area contributed by atoms with Gasteiger partial charge in [-0.3, -0.25) is 4.79 Å². The summed E-state index contributed by atoms with van der Waals surface area (Å²) in [6.07, 6.45) is 0. The van der Waals surface area contributed by atoms with Gasteiger partial charge in [0.25, 0.3) is 0 Å². The van der Waals surface area contributed by atoms with Crippen LogP contribution in [0.4, 0.5) is 16.9 Å². The zero-order chi connectivity index (χ0) is 31.3. The van der Waals surface area contributed by atoms with Crippen LogP contribution in [0.15, 0.2) is 152 Å². The molecule has 5 aromatic carbocycles. The fourth-order valence-electron chi connectivity index (χ4n) is 3.76. The van der Waals surface area contributed by atoms with E-state index in [-0.39, 0.29) is 16.7 Å². The van der Waals surface area contributed by atoms with Gasteiger partial charge in [-0.2, -0.15) is 0 Å². The number of hydrogen-bond acceptors (Lipinski definition) is 2. The van der Waals surface area contributed by atoms with Crippen molar-refractivity contribution < 1.29 is 21.7 Å². The van der Waals surface area contributed by atoms with Crippen molar-refractivity contribution in [1.29, 1.82) is 0 Å². The van der Waals surface area contributed by atoms with Gasteiger partial charge in [0, 0.05) is 31.0 Å². The maximum atomic E-state index is 12.7. The Morgan fingerprint density at radius 1 is 0.512 bits per heavy atom. The summed E-state index contributed by atoms with van der Waals surface area (Å²) in [4.78, 5) is 18.5. The van der Waals surface area contributed by atoms with Crippen LogP contribution >= 0.6 is 35.0 Å². The number of halogens is 8. The number of rotatable bonds is 7. The van der Waals surface area contributed by atoms with Crippen molar-refractivity contribution in [2.45, 2.75) is 24.5 Å². The topological polar surface area (TPSA) is 17.1 Å². The Kier molecular flexibility index (Phi) is 9.94. The molecule has 12 heteroatoms. The summed E-state index contributed by atoms with van der Waals surface area (Å²) >= 11 is 2.73. The molecule has 0 aromatic heterocycles. The van der Waals surface area contributed by atoms with Crippen LogP contribution in [-0.4, -0.2) is 25.3 Å². The first-order valence-corrected chi connectivity index (χ1v) is 20.9. The Morgan fingerprint density at radius 3 is 1.23 bits per heavy atom.